The summed E-state index contributed by atoms with van der Waals surface area (Å²) in [5.74, 6) is 0.572. The van der Waals surface area contributed by atoms with E-state index in [0.717, 1.165) is 82.4 Å². The van der Waals surface area contributed by atoms with Gasteiger partial charge in [-0.1, -0.05) is 130 Å². The molecule has 1 unspecified atom stereocenters. The Kier molecular flexibility index (Phi) is 35.5. The maximum Gasteiger partial charge on any atom is 0.332 e. The van der Waals surface area contributed by atoms with Gasteiger partial charge in [-0.05, 0) is 92.4 Å². The normalized spacial score (nSPS) is 14.8. The van der Waals surface area contributed by atoms with E-state index in [9.17, 15) is 38.4 Å². The van der Waals surface area contributed by atoms with Crippen molar-refractivity contribution in [3.8, 4) is 18.2 Å². The lowest BCUT2D eigenvalue weighted by Gasteiger charge is -2.34. The Bertz CT molecular complexity index is 4520. The summed E-state index contributed by atoms with van der Waals surface area (Å²) in [6, 6.07) is 40.1. The van der Waals surface area contributed by atoms with Crippen molar-refractivity contribution in [3.63, 3.8) is 0 Å². The van der Waals surface area contributed by atoms with Crippen LogP contribution in [-0.2, 0) is 43.8 Å². The Labute approximate surface area is 587 Å². The second kappa shape index (κ2) is 41.8. The third-order valence-corrected chi connectivity index (χ3v) is 15.8. The van der Waals surface area contributed by atoms with Gasteiger partial charge in [0.25, 0.3) is 22.2 Å². The van der Waals surface area contributed by atoms with Crippen molar-refractivity contribution in [2.24, 2.45) is 25.6 Å². The van der Waals surface area contributed by atoms with Crippen LogP contribution in [-0.4, -0.2) is 88.8 Å². The van der Waals surface area contributed by atoms with Crippen LogP contribution in [0, 0.1) is 40.6 Å². The van der Waals surface area contributed by atoms with Gasteiger partial charge in [-0.2, -0.15) is 15.8 Å². The molecule has 25 nitrogen and oxygen atoms in total. The predicted molar refractivity (Wildman–Crippen MR) is 381 cm³/mol. The summed E-state index contributed by atoms with van der Waals surface area (Å²) in [6.07, 6.45) is 7.38. The van der Waals surface area contributed by atoms with Gasteiger partial charge in [-0.3, -0.25) is 57.0 Å². The van der Waals surface area contributed by atoms with E-state index in [1.165, 1.54) is 61.0 Å². The van der Waals surface area contributed by atoms with Gasteiger partial charge in [0, 0.05) is 88.6 Å². The lowest BCUT2D eigenvalue weighted by atomic mass is 10.1. The Morgan fingerprint density at radius 2 is 1.11 bits per heavy atom. The van der Waals surface area contributed by atoms with E-state index in [0.29, 0.717) is 52.4 Å². The van der Waals surface area contributed by atoms with Crippen LogP contribution in [0.15, 0.2) is 160 Å². The summed E-state index contributed by atoms with van der Waals surface area (Å²) in [4.78, 5) is 103. The molecule has 8 aromatic rings. The molecule has 3 aliphatic rings. The average Bonchev–Trinajstić information content (AvgIpc) is 0.921. The zero-order valence-corrected chi connectivity index (χ0v) is 58.0. The summed E-state index contributed by atoms with van der Waals surface area (Å²) in [7, 11) is 2.85. The first kappa shape index (κ1) is 81.4. The van der Waals surface area contributed by atoms with E-state index in [1.807, 2.05) is 52.4 Å². The molecule has 8 N–H and O–H groups in total. The lowest BCUT2D eigenvalue weighted by Crippen LogP contribution is -2.47. The van der Waals surface area contributed by atoms with Gasteiger partial charge in [0.05, 0.1) is 60.7 Å². The van der Waals surface area contributed by atoms with E-state index in [-0.39, 0.29) is 77.2 Å². The van der Waals surface area contributed by atoms with Gasteiger partial charge in [0.15, 0.2) is 5.69 Å². The first-order valence-corrected chi connectivity index (χ1v) is 31.6. The molecule has 0 saturated carbocycles. The minimum atomic E-state index is -0.597. The smallest absolute Gasteiger partial charge is 0.332 e. The van der Waals surface area contributed by atoms with Crippen LogP contribution in [0.3, 0.4) is 0 Å². The number of aromatic amines is 3. The number of halogens is 6. The molecule has 3 saturated heterocycles. The standard InChI is InChI=1S/C18H21N5O2.C13H10ClN3O2.C12H8ClN3O2.C8H6BrN.C5H12N2.C5H10O.C4H3ClN2O2.2ClH/c1-20-15-8-4-3-6-13(15)11-23-16(10-17(24)21(2)18(23)25)22-9-5-7-14(19)12-22;1-16-12(18)6-11(14)17(13(16)19)8-10-5-3-2-4-9(10)7-15;13-10-5-11(17)15-12(18)16(10)7-9-4-2-1-3-8(9)6-14;9-5-7-3-1-2-4-8(7)6-10;6-5-2-1-3-7-4-5;1-5-3-2-4-6-5;5-2-1-3(8)7-4(9)6-2;;/h3-4,6,8,10,14H,5,7,9,11-12,19H2,2H3;2-6H,8H2,1H3;1-5H,7H2,(H,15,17,18);1-4H,5H2;5,7H,1-4,6H2;5H,2-4H2,1H3;1H,(H2,6,7,8,9);2*1H/t14-;;;;5-;;;;/m1...1..../s1. The number of alkyl halides is 1. The lowest BCUT2D eigenvalue weighted by molar-refractivity contribution is 0.125. The van der Waals surface area contributed by atoms with Crippen LogP contribution in [0.25, 0.3) is 4.85 Å². The quantitative estimate of drug-likeness (QED) is 0.0497. The van der Waals surface area contributed by atoms with Crippen LogP contribution in [0.4, 0.5) is 11.5 Å². The molecule has 4 aromatic carbocycles. The maximum absolute atomic E-state index is 12.7. The number of hydrogen-bond donors (Lipinski definition) is 6. The molecule has 508 valence electrons. The summed E-state index contributed by atoms with van der Waals surface area (Å²) < 4.78 is 11.2. The molecular formula is C65H72BrCl5N16O9. The number of nitrogens with zero attached hydrogens (tertiary/aromatic N) is 10. The van der Waals surface area contributed by atoms with Crippen LogP contribution in [0.2, 0.25) is 15.5 Å². The van der Waals surface area contributed by atoms with Crippen molar-refractivity contribution < 1.29 is 4.74 Å². The second-order valence-corrected chi connectivity index (χ2v) is 23.0. The minimum absolute atomic E-state index is 0. The van der Waals surface area contributed by atoms with Gasteiger partial charge < -0.3 is 26.4 Å². The van der Waals surface area contributed by atoms with E-state index in [4.69, 9.17) is 73.4 Å². The first-order chi connectivity index (χ1) is 45.0. The number of para-hydroxylation sites is 1. The SMILES string of the molecule is CC1CCCO1.Cl.Cl.Cn1c(=O)cc(Cl)n(Cc2ccccc2C#N)c1=O.N#Cc1ccccc1CBr.N#Cc1ccccc1Cn1c(Cl)cc(=O)[nH]c1=O.N[C@@H]1CCCNC1.O=c1cc(Cl)[nH]c(=O)[nH]1.[C-]#[N+]c1ccccc1Cn1c(N2CCC[C@@H](N)C2)cc(=O)n(C)c1=O. The van der Waals surface area contributed by atoms with Crippen molar-refractivity contribution in [1.82, 2.24) is 43.1 Å². The molecular weight excluding hydrogens is 1410 g/mol. The Morgan fingerprint density at radius 1 is 0.615 bits per heavy atom. The zero-order valence-electron chi connectivity index (χ0n) is 52.5. The molecule has 0 radical (unpaired) electrons. The molecule has 3 fully saturated rings. The minimum Gasteiger partial charge on any atom is -0.379 e. The number of nitriles is 3. The second-order valence-electron chi connectivity index (χ2n) is 21.2. The molecule has 4 aromatic heterocycles. The molecule has 7 heterocycles. The van der Waals surface area contributed by atoms with Gasteiger partial charge in [0.1, 0.15) is 21.3 Å². The third-order valence-electron chi connectivity index (χ3n) is 14.4. The van der Waals surface area contributed by atoms with Crippen molar-refractivity contribution >= 4 is 87.1 Å². The van der Waals surface area contributed by atoms with Crippen molar-refractivity contribution in [3.05, 3.63) is 271 Å². The Morgan fingerprint density at radius 3 is 1.57 bits per heavy atom. The van der Waals surface area contributed by atoms with Crippen LogP contribution in [0.1, 0.15) is 84.4 Å². The van der Waals surface area contributed by atoms with Gasteiger partial charge in [-0.15, -0.1) is 24.8 Å². The number of anilines is 1. The number of rotatable bonds is 8. The molecule has 3 aliphatic heterocycles. The number of piperidine rings is 2. The number of benzene rings is 4. The Hall–Kier alpha value is -8.87. The van der Waals surface area contributed by atoms with Crippen LogP contribution < -0.4 is 66.7 Å². The fraction of sp³-hybridized carbons (Fsp3) is 0.323. The number of H-pyrrole nitrogens is 3. The number of ether oxygens (including phenoxy) is 1. The highest BCUT2D eigenvalue weighted by Gasteiger charge is 2.22. The van der Waals surface area contributed by atoms with Crippen LogP contribution >= 0.6 is 75.5 Å². The highest BCUT2D eigenvalue weighted by atomic mass is 79.9. The number of aromatic nitrogens is 8. The zero-order chi connectivity index (χ0) is 68.9. The monoisotopic (exact) mass is 1470 g/mol. The fourth-order valence-electron chi connectivity index (χ4n) is 9.31. The highest BCUT2D eigenvalue weighted by Crippen LogP contribution is 2.23. The summed E-state index contributed by atoms with van der Waals surface area (Å²) in [6.45, 7) is 14.5. The number of hydrogen-bond acceptors (Lipinski definition) is 16. The van der Waals surface area contributed by atoms with E-state index < -0.39 is 33.7 Å². The van der Waals surface area contributed by atoms with E-state index in [1.54, 1.807) is 65.2 Å². The summed E-state index contributed by atoms with van der Waals surface area (Å²) in [5.41, 5.74) is 13.0. The van der Waals surface area contributed by atoms with Crippen LogP contribution in [0.5, 0.6) is 0 Å². The molecule has 0 bridgehead atoms. The molecule has 3 atom stereocenters. The van der Waals surface area contributed by atoms with E-state index in [2.05, 4.69) is 55.1 Å². The third kappa shape index (κ3) is 25.4. The Balaban J connectivity index is 0.000000306. The number of nitrogens with one attached hydrogen (secondary N) is 4. The van der Waals surface area contributed by atoms with Crippen molar-refractivity contribution in [2.75, 3.05) is 37.7 Å². The molecule has 0 aliphatic carbocycles. The predicted octanol–water partition coefficient (Wildman–Crippen LogP) is 7.20. The summed E-state index contributed by atoms with van der Waals surface area (Å²) >= 11 is 20.3. The van der Waals surface area contributed by atoms with E-state index >= 15 is 0 Å². The maximum atomic E-state index is 12.7. The molecule has 0 amide bonds. The van der Waals surface area contributed by atoms with Gasteiger partial charge in [0.2, 0.25) is 0 Å². The first-order valence-electron chi connectivity index (χ1n) is 29.3. The molecule has 0 spiro atoms. The van der Waals surface area contributed by atoms with Gasteiger partial charge in [-0.25, -0.2) is 24.0 Å². The molecule has 11 rings (SSSR count). The number of nitrogens with two attached hydrogens (primary N) is 2. The van der Waals surface area contributed by atoms with Crippen molar-refractivity contribution in [2.45, 2.75) is 88.6 Å². The molecule has 31 heteroatoms. The highest BCUT2D eigenvalue weighted by molar-refractivity contribution is 9.08. The average molecular weight is 1480 g/mol. The van der Waals surface area contributed by atoms with Crippen molar-refractivity contribution in [1.29, 1.82) is 15.8 Å². The fourth-order valence-corrected chi connectivity index (χ4v) is 10.4. The largest absolute Gasteiger partial charge is 0.379 e. The summed E-state index contributed by atoms with van der Waals surface area (Å²) in [5, 5.41) is 30.6. The molecule has 96 heavy (non-hydrogen) atoms. The van der Waals surface area contributed by atoms with Gasteiger partial charge >= 0.3 is 22.8 Å². The topological polar surface area (TPSA) is 361 Å².